The van der Waals surface area contributed by atoms with Gasteiger partial charge in [0.05, 0.1) is 13.7 Å². The molecule has 14 heavy (non-hydrogen) atoms. The molecule has 1 aliphatic heterocycles. The van der Waals surface area contributed by atoms with E-state index >= 15 is 0 Å². The summed E-state index contributed by atoms with van der Waals surface area (Å²) in [5.74, 6) is -0.171. The van der Waals surface area contributed by atoms with Gasteiger partial charge in [-0.15, -0.1) is 0 Å². The number of hydrogen-bond acceptors (Lipinski definition) is 4. The molecule has 1 heterocycles. The monoisotopic (exact) mass is 198 g/mol. The van der Waals surface area contributed by atoms with Crippen molar-refractivity contribution in [3.63, 3.8) is 0 Å². The molecule has 80 valence electrons. The highest BCUT2D eigenvalue weighted by Gasteiger charge is 2.34. The number of nitrogens with zero attached hydrogens (tertiary/aromatic N) is 1. The second-order valence-corrected chi connectivity index (χ2v) is 4.17. The summed E-state index contributed by atoms with van der Waals surface area (Å²) < 4.78 is 4.58. The molecule has 1 atom stereocenters. The van der Waals surface area contributed by atoms with Gasteiger partial charge < -0.3 is 10.1 Å². The Morgan fingerprint density at radius 3 is 2.93 bits per heavy atom. The lowest BCUT2D eigenvalue weighted by Gasteiger charge is -2.15. The van der Waals surface area contributed by atoms with Gasteiger partial charge in [-0.2, -0.15) is 0 Å². The van der Waals surface area contributed by atoms with Crippen LogP contribution in [-0.2, 0) is 9.53 Å². The highest BCUT2D eigenvalue weighted by atomic mass is 16.5. The van der Waals surface area contributed by atoms with Gasteiger partial charge in [-0.3, -0.25) is 9.69 Å². The Balaban J connectivity index is 1.65. The van der Waals surface area contributed by atoms with Crippen molar-refractivity contribution in [2.75, 3.05) is 26.7 Å². The molecule has 1 N–H and O–H groups in total. The molecular weight excluding hydrogens is 180 g/mol. The summed E-state index contributed by atoms with van der Waals surface area (Å²) >= 11 is 0. The molecule has 4 heteroatoms. The number of ether oxygens (including phenoxy) is 1. The highest BCUT2D eigenvalue weighted by Crippen LogP contribution is 2.29. The largest absolute Gasteiger partial charge is 0.468 e. The Hall–Kier alpha value is -0.610. The van der Waals surface area contributed by atoms with E-state index in [9.17, 15) is 4.79 Å². The zero-order valence-corrected chi connectivity index (χ0v) is 8.66. The summed E-state index contributed by atoms with van der Waals surface area (Å²) in [5.41, 5.74) is 0. The highest BCUT2D eigenvalue weighted by molar-refractivity contribution is 5.71. The van der Waals surface area contributed by atoms with Crippen molar-refractivity contribution in [1.29, 1.82) is 0 Å². The molecule has 0 amide bonds. The fourth-order valence-corrected chi connectivity index (χ4v) is 2.03. The maximum absolute atomic E-state index is 10.9. The number of esters is 1. The van der Waals surface area contributed by atoms with E-state index in [2.05, 4.69) is 15.0 Å². The summed E-state index contributed by atoms with van der Waals surface area (Å²) in [4.78, 5) is 13.4. The SMILES string of the molecule is COC(=O)CNC1CCN(C2CC2)C1. The molecule has 2 rings (SSSR count). The average Bonchev–Trinajstić information content (AvgIpc) is 2.95. The predicted molar refractivity (Wildman–Crippen MR) is 53.0 cm³/mol. The van der Waals surface area contributed by atoms with Crippen molar-refractivity contribution >= 4 is 5.97 Å². The van der Waals surface area contributed by atoms with Crippen LogP contribution in [-0.4, -0.2) is 49.7 Å². The number of nitrogens with one attached hydrogen (secondary N) is 1. The summed E-state index contributed by atoms with van der Waals surface area (Å²) in [6.07, 6.45) is 3.89. The molecule has 0 aromatic heterocycles. The van der Waals surface area contributed by atoms with E-state index in [0.717, 1.165) is 19.0 Å². The third-order valence-corrected chi connectivity index (χ3v) is 3.05. The van der Waals surface area contributed by atoms with E-state index in [1.165, 1.54) is 26.5 Å². The standard InChI is InChI=1S/C10H18N2O2/c1-14-10(13)6-11-8-4-5-12(7-8)9-2-3-9/h8-9,11H,2-7H2,1H3. The third kappa shape index (κ3) is 2.45. The predicted octanol–water partition coefficient (Wildman–Crippen LogP) is -0.0143. The number of carbonyl (C=O) groups is 1. The minimum atomic E-state index is -0.171. The van der Waals surface area contributed by atoms with Crippen molar-refractivity contribution in [3.8, 4) is 0 Å². The smallest absolute Gasteiger partial charge is 0.319 e. The molecule has 0 bridgehead atoms. The first-order valence-corrected chi connectivity index (χ1v) is 5.34. The van der Waals surface area contributed by atoms with E-state index in [4.69, 9.17) is 0 Å². The molecule has 1 saturated carbocycles. The summed E-state index contributed by atoms with van der Waals surface area (Å²) in [7, 11) is 1.43. The molecule has 0 radical (unpaired) electrons. The summed E-state index contributed by atoms with van der Waals surface area (Å²) in [6.45, 7) is 2.63. The van der Waals surface area contributed by atoms with Crippen LogP contribution in [0, 0.1) is 0 Å². The maximum atomic E-state index is 10.9. The number of rotatable bonds is 4. The van der Waals surface area contributed by atoms with Crippen LogP contribution >= 0.6 is 0 Å². The van der Waals surface area contributed by atoms with E-state index in [0.29, 0.717) is 12.6 Å². The zero-order chi connectivity index (χ0) is 9.97. The van der Waals surface area contributed by atoms with Crippen molar-refractivity contribution < 1.29 is 9.53 Å². The van der Waals surface area contributed by atoms with Crippen LogP contribution in [0.2, 0.25) is 0 Å². The Morgan fingerprint density at radius 2 is 2.29 bits per heavy atom. The van der Waals surface area contributed by atoms with Crippen LogP contribution < -0.4 is 5.32 Å². The van der Waals surface area contributed by atoms with Gasteiger partial charge >= 0.3 is 5.97 Å². The molecule has 0 aromatic carbocycles. The van der Waals surface area contributed by atoms with Crippen molar-refractivity contribution in [3.05, 3.63) is 0 Å². The molecule has 0 spiro atoms. The second-order valence-electron chi connectivity index (χ2n) is 4.17. The lowest BCUT2D eigenvalue weighted by atomic mass is 10.2. The second kappa shape index (κ2) is 4.28. The van der Waals surface area contributed by atoms with E-state index < -0.39 is 0 Å². The average molecular weight is 198 g/mol. The van der Waals surface area contributed by atoms with Gasteiger partial charge in [0.25, 0.3) is 0 Å². The molecule has 1 unspecified atom stereocenters. The number of hydrogen-bond donors (Lipinski definition) is 1. The van der Waals surface area contributed by atoms with Crippen molar-refractivity contribution in [1.82, 2.24) is 10.2 Å². The molecular formula is C10H18N2O2. The Labute approximate surface area is 84.6 Å². The van der Waals surface area contributed by atoms with Gasteiger partial charge in [0, 0.05) is 25.2 Å². The summed E-state index contributed by atoms with van der Waals surface area (Å²) in [5, 5.41) is 3.23. The molecule has 4 nitrogen and oxygen atoms in total. The van der Waals surface area contributed by atoms with Crippen LogP contribution in [0.4, 0.5) is 0 Å². The number of carbonyl (C=O) groups excluding carboxylic acids is 1. The van der Waals surface area contributed by atoms with Gasteiger partial charge in [0.15, 0.2) is 0 Å². The van der Waals surface area contributed by atoms with Gasteiger partial charge in [0.1, 0.15) is 0 Å². The zero-order valence-electron chi connectivity index (χ0n) is 8.66. The van der Waals surface area contributed by atoms with Crippen LogP contribution in [0.25, 0.3) is 0 Å². The van der Waals surface area contributed by atoms with Crippen molar-refractivity contribution in [2.24, 2.45) is 0 Å². The van der Waals surface area contributed by atoms with Gasteiger partial charge in [-0.05, 0) is 19.3 Å². The van der Waals surface area contributed by atoms with Crippen LogP contribution in [0.15, 0.2) is 0 Å². The van der Waals surface area contributed by atoms with Crippen molar-refractivity contribution in [2.45, 2.75) is 31.3 Å². The lowest BCUT2D eigenvalue weighted by Crippen LogP contribution is -2.36. The first-order valence-electron chi connectivity index (χ1n) is 5.34. The quantitative estimate of drug-likeness (QED) is 0.645. The van der Waals surface area contributed by atoms with Gasteiger partial charge in [-0.1, -0.05) is 0 Å². The number of methoxy groups -OCH3 is 1. The molecule has 1 aliphatic carbocycles. The minimum absolute atomic E-state index is 0.171. The van der Waals surface area contributed by atoms with Gasteiger partial charge in [0.2, 0.25) is 0 Å². The summed E-state index contributed by atoms with van der Waals surface area (Å²) in [6, 6.07) is 1.33. The Bertz CT molecular complexity index is 216. The Morgan fingerprint density at radius 1 is 1.50 bits per heavy atom. The Kier molecular flexibility index (Phi) is 3.03. The lowest BCUT2D eigenvalue weighted by molar-refractivity contribution is -0.139. The number of likely N-dealkylation sites (tertiary alicyclic amines) is 1. The molecule has 2 aliphatic rings. The fraction of sp³-hybridized carbons (Fsp3) is 0.900. The maximum Gasteiger partial charge on any atom is 0.319 e. The van der Waals surface area contributed by atoms with E-state index in [1.807, 2.05) is 0 Å². The topological polar surface area (TPSA) is 41.6 Å². The normalized spacial score (nSPS) is 27.9. The van der Waals surface area contributed by atoms with E-state index in [-0.39, 0.29) is 5.97 Å². The minimum Gasteiger partial charge on any atom is -0.468 e. The fourth-order valence-electron chi connectivity index (χ4n) is 2.03. The van der Waals surface area contributed by atoms with E-state index in [1.54, 1.807) is 0 Å². The molecule has 2 fully saturated rings. The molecule has 1 saturated heterocycles. The third-order valence-electron chi connectivity index (χ3n) is 3.05. The van der Waals surface area contributed by atoms with Crippen LogP contribution in [0.3, 0.4) is 0 Å². The van der Waals surface area contributed by atoms with Crippen LogP contribution in [0.5, 0.6) is 0 Å². The molecule has 0 aromatic rings. The first-order chi connectivity index (χ1) is 6.79. The van der Waals surface area contributed by atoms with Crippen LogP contribution in [0.1, 0.15) is 19.3 Å². The first kappa shape index (κ1) is 9.93. The van der Waals surface area contributed by atoms with Gasteiger partial charge in [-0.25, -0.2) is 0 Å².